The van der Waals surface area contributed by atoms with Crippen LogP contribution in [0.4, 0.5) is 24.5 Å². The Labute approximate surface area is 189 Å². The number of aliphatic hydroxyl groups is 1. The van der Waals surface area contributed by atoms with Gasteiger partial charge in [0.05, 0.1) is 19.3 Å². The first-order valence-corrected chi connectivity index (χ1v) is 11.3. The fraction of sp³-hybridized carbons (Fsp3) is 0.381. The van der Waals surface area contributed by atoms with Crippen LogP contribution in [-0.4, -0.2) is 39.3 Å². The van der Waals surface area contributed by atoms with Crippen LogP contribution in [0.1, 0.15) is 26.3 Å². The zero-order chi connectivity index (χ0) is 25.0. The Morgan fingerprint density at radius 3 is 2.27 bits per heavy atom. The third-order valence-corrected chi connectivity index (χ3v) is 5.88. The highest BCUT2D eigenvalue weighted by Crippen LogP contribution is 2.38. The molecule has 2 aromatic carbocycles. The first-order chi connectivity index (χ1) is 15.3. The van der Waals surface area contributed by atoms with E-state index in [1.165, 1.54) is 12.1 Å². The lowest BCUT2D eigenvalue weighted by Crippen LogP contribution is -2.31. The molecule has 0 aliphatic heterocycles. The fourth-order valence-electron chi connectivity index (χ4n) is 2.80. The smallest absolute Gasteiger partial charge is 0.420 e. The molecule has 0 spiro atoms. The molecule has 12 heteroatoms. The molecule has 0 unspecified atom stereocenters. The molecule has 33 heavy (non-hydrogen) atoms. The van der Waals surface area contributed by atoms with Gasteiger partial charge in [0.15, 0.2) is 0 Å². The van der Waals surface area contributed by atoms with Gasteiger partial charge in [-0.2, -0.15) is 13.2 Å². The average molecular weight is 491 g/mol. The van der Waals surface area contributed by atoms with Crippen LogP contribution in [0.15, 0.2) is 41.3 Å². The number of amides is 1. The van der Waals surface area contributed by atoms with E-state index in [4.69, 9.17) is 9.47 Å². The van der Waals surface area contributed by atoms with E-state index in [1.807, 2.05) is 0 Å². The van der Waals surface area contributed by atoms with Crippen molar-refractivity contribution in [3.63, 3.8) is 0 Å². The van der Waals surface area contributed by atoms with Crippen molar-refractivity contribution in [2.75, 3.05) is 23.8 Å². The second-order valence-electron chi connectivity index (χ2n) is 7.29. The number of sulfonamides is 1. The number of hydrogen-bond acceptors (Lipinski definition) is 6. The van der Waals surface area contributed by atoms with Crippen LogP contribution in [0.2, 0.25) is 0 Å². The van der Waals surface area contributed by atoms with Gasteiger partial charge in [-0.1, -0.05) is 13.8 Å². The van der Waals surface area contributed by atoms with Crippen LogP contribution in [0.5, 0.6) is 11.5 Å². The zero-order valence-corrected chi connectivity index (χ0v) is 19.2. The van der Waals surface area contributed by atoms with E-state index >= 15 is 0 Å². The Balaban J connectivity index is 2.39. The second-order valence-corrected chi connectivity index (χ2v) is 8.94. The van der Waals surface area contributed by atoms with Crippen LogP contribution >= 0.6 is 0 Å². The minimum atomic E-state index is -4.76. The van der Waals surface area contributed by atoms with E-state index in [1.54, 1.807) is 20.8 Å². The summed E-state index contributed by atoms with van der Waals surface area (Å²) in [5, 5.41) is 12.3. The summed E-state index contributed by atoms with van der Waals surface area (Å²) < 4.78 is 77.8. The van der Waals surface area contributed by atoms with Crippen molar-refractivity contribution in [2.45, 2.75) is 37.9 Å². The number of aliphatic hydroxyl groups excluding tert-OH is 1. The SMILES string of the molecule is CCOc1cc(NC(=O)[C@@H](O)C(C)C)ccc1S(=O)(=O)Nc1ccc(OC)c(C(F)(F)F)c1. The van der Waals surface area contributed by atoms with Crippen molar-refractivity contribution in [1.82, 2.24) is 0 Å². The number of carbonyl (C=O) groups is 1. The van der Waals surface area contributed by atoms with E-state index in [0.717, 1.165) is 25.3 Å². The van der Waals surface area contributed by atoms with Crippen LogP contribution in [0.25, 0.3) is 0 Å². The van der Waals surface area contributed by atoms with Crippen LogP contribution in [0, 0.1) is 5.92 Å². The van der Waals surface area contributed by atoms with Gasteiger partial charge in [0.25, 0.3) is 15.9 Å². The molecule has 0 fully saturated rings. The average Bonchev–Trinajstić information content (AvgIpc) is 2.72. The monoisotopic (exact) mass is 490 g/mol. The normalized spacial score (nSPS) is 12.9. The molecule has 0 aliphatic rings. The Morgan fingerprint density at radius 2 is 1.73 bits per heavy atom. The van der Waals surface area contributed by atoms with Gasteiger partial charge < -0.3 is 19.9 Å². The number of benzene rings is 2. The van der Waals surface area contributed by atoms with Gasteiger partial charge >= 0.3 is 6.18 Å². The standard InChI is InChI=1S/C21H25F3N2O6S/c1-5-32-17-11-13(25-20(28)19(27)12(2)3)7-9-18(17)33(29,30)26-14-6-8-16(31-4)15(10-14)21(22,23)24/h6-12,19,26-27H,5H2,1-4H3,(H,25,28)/t19-/m0/s1. The minimum Gasteiger partial charge on any atom is -0.496 e. The van der Waals surface area contributed by atoms with Gasteiger partial charge in [0, 0.05) is 17.4 Å². The van der Waals surface area contributed by atoms with Gasteiger partial charge in [0.1, 0.15) is 22.5 Å². The van der Waals surface area contributed by atoms with Gasteiger partial charge in [-0.3, -0.25) is 9.52 Å². The molecule has 1 atom stereocenters. The zero-order valence-electron chi connectivity index (χ0n) is 18.4. The molecule has 0 saturated carbocycles. The molecular formula is C21H25F3N2O6S. The Kier molecular flexibility index (Phi) is 8.20. The first kappa shape index (κ1) is 26.3. The Hall–Kier alpha value is -2.99. The highest BCUT2D eigenvalue weighted by molar-refractivity contribution is 7.92. The maximum atomic E-state index is 13.3. The third-order valence-electron chi connectivity index (χ3n) is 4.46. The predicted octanol–water partition coefficient (Wildman–Crippen LogP) is 3.87. The lowest BCUT2D eigenvalue weighted by atomic mass is 10.1. The van der Waals surface area contributed by atoms with Crippen molar-refractivity contribution in [1.29, 1.82) is 0 Å². The number of halogens is 3. The molecule has 0 aromatic heterocycles. The predicted molar refractivity (Wildman–Crippen MR) is 116 cm³/mol. The summed E-state index contributed by atoms with van der Waals surface area (Å²) in [6.45, 7) is 4.99. The summed E-state index contributed by atoms with van der Waals surface area (Å²) in [5.41, 5.74) is -1.30. The molecule has 2 aromatic rings. The van der Waals surface area contributed by atoms with Crippen molar-refractivity contribution >= 4 is 27.3 Å². The van der Waals surface area contributed by atoms with Crippen molar-refractivity contribution in [2.24, 2.45) is 5.92 Å². The maximum Gasteiger partial charge on any atom is 0.420 e. The minimum absolute atomic E-state index is 0.0787. The van der Waals surface area contributed by atoms with E-state index in [9.17, 15) is 31.5 Å². The quantitative estimate of drug-likeness (QED) is 0.492. The van der Waals surface area contributed by atoms with Gasteiger partial charge in [-0.05, 0) is 43.2 Å². The number of hydrogen-bond donors (Lipinski definition) is 3. The molecule has 0 heterocycles. The van der Waals surface area contributed by atoms with E-state index in [-0.39, 0.29) is 34.5 Å². The largest absolute Gasteiger partial charge is 0.496 e. The molecule has 1 amide bonds. The van der Waals surface area contributed by atoms with Gasteiger partial charge in [-0.15, -0.1) is 0 Å². The first-order valence-electron chi connectivity index (χ1n) is 9.84. The molecule has 0 aliphatic carbocycles. The Morgan fingerprint density at radius 1 is 1.09 bits per heavy atom. The van der Waals surface area contributed by atoms with Crippen molar-refractivity contribution in [3.05, 3.63) is 42.0 Å². The highest BCUT2D eigenvalue weighted by atomic mass is 32.2. The lowest BCUT2D eigenvalue weighted by molar-refractivity contribution is -0.138. The van der Waals surface area contributed by atoms with Crippen LogP contribution < -0.4 is 19.5 Å². The molecule has 8 nitrogen and oxygen atoms in total. The Bertz CT molecular complexity index is 1100. The number of alkyl halides is 3. The molecule has 3 N–H and O–H groups in total. The van der Waals surface area contributed by atoms with Crippen LogP contribution in [-0.2, 0) is 21.0 Å². The summed E-state index contributed by atoms with van der Waals surface area (Å²) >= 11 is 0. The number of nitrogens with one attached hydrogen (secondary N) is 2. The molecule has 0 radical (unpaired) electrons. The highest BCUT2D eigenvalue weighted by Gasteiger charge is 2.35. The number of ether oxygens (including phenoxy) is 2. The number of rotatable bonds is 9. The van der Waals surface area contributed by atoms with E-state index in [0.29, 0.717) is 6.07 Å². The molecule has 0 bridgehead atoms. The summed E-state index contributed by atoms with van der Waals surface area (Å²) in [6.07, 6.45) is -6.03. The van der Waals surface area contributed by atoms with Crippen molar-refractivity contribution in [3.8, 4) is 11.5 Å². The number of anilines is 2. The number of methoxy groups -OCH3 is 1. The molecule has 0 saturated heterocycles. The van der Waals surface area contributed by atoms with E-state index < -0.39 is 39.5 Å². The number of carbonyl (C=O) groups excluding carboxylic acids is 1. The summed E-state index contributed by atoms with van der Waals surface area (Å²) in [6, 6.07) is 6.42. The van der Waals surface area contributed by atoms with Crippen LogP contribution in [0.3, 0.4) is 0 Å². The second kappa shape index (κ2) is 10.3. The molecule has 2 rings (SSSR count). The summed E-state index contributed by atoms with van der Waals surface area (Å²) in [7, 11) is -3.30. The van der Waals surface area contributed by atoms with Gasteiger partial charge in [-0.25, -0.2) is 8.42 Å². The van der Waals surface area contributed by atoms with E-state index in [2.05, 4.69) is 10.0 Å². The van der Waals surface area contributed by atoms with Crippen molar-refractivity contribution < 1.29 is 41.0 Å². The maximum absolute atomic E-state index is 13.3. The third kappa shape index (κ3) is 6.51. The molecule has 182 valence electrons. The summed E-state index contributed by atoms with van der Waals surface area (Å²) in [4.78, 5) is 11.7. The molecular weight excluding hydrogens is 465 g/mol. The fourth-order valence-corrected chi connectivity index (χ4v) is 3.98. The lowest BCUT2D eigenvalue weighted by Gasteiger charge is -2.17. The topological polar surface area (TPSA) is 114 Å². The summed E-state index contributed by atoms with van der Waals surface area (Å²) in [5.74, 6) is -1.61. The van der Waals surface area contributed by atoms with Gasteiger partial charge in [0.2, 0.25) is 0 Å².